The van der Waals surface area contributed by atoms with Crippen molar-refractivity contribution >= 4 is 60.5 Å². The molecule has 0 saturated carbocycles. The molecule has 0 aliphatic heterocycles. The minimum Gasteiger partial charge on any atom is -0.309 e. The Morgan fingerprint density at radius 2 is 1.30 bits per heavy atom. The fraction of sp³-hybridized carbons (Fsp3) is 0.0233. The molecular formula is C43H27N3. The van der Waals surface area contributed by atoms with Crippen LogP contribution in [0.15, 0.2) is 146 Å². The number of fused-ring (bicyclic) bond motifs is 7. The van der Waals surface area contributed by atoms with E-state index in [-0.39, 0.29) is 0 Å². The summed E-state index contributed by atoms with van der Waals surface area (Å²) < 4.78 is 2.44. The largest absolute Gasteiger partial charge is 0.309 e. The predicted molar refractivity (Wildman–Crippen MR) is 192 cm³/mol. The number of allylic oxidation sites excluding steroid dienone is 1. The summed E-state index contributed by atoms with van der Waals surface area (Å²) >= 11 is 0. The summed E-state index contributed by atoms with van der Waals surface area (Å²) in [5.41, 5.74) is 13.0. The smallest absolute Gasteiger partial charge is 0.0970 e. The van der Waals surface area contributed by atoms with E-state index in [0.717, 1.165) is 28.2 Å². The predicted octanol–water partition coefficient (Wildman–Crippen LogP) is 10.9. The molecule has 0 bridgehead atoms. The number of hydrogen-bond donors (Lipinski definition) is 0. The zero-order valence-electron chi connectivity index (χ0n) is 25.0. The Bertz CT molecular complexity index is 2710. The molecule has 3 heteroatoms. The quantitative estimate of drug-likeness (QED) is 0.193. The second-order valence-corrected chi connectivity index (χ2v) is 12.2. The molecule has 0 atom stereocenters. The molecule has 0 spiro atoms. The van der Waals surface area contributed by atoms with Gasteiger partial charge in [-0.2, -0.15) is 0 Å². The van der Waals surface area contributed by atoms with E-state index in [0.29, 0.717) is 0 Å². The van der Waals surface area contributed by atoms with Crippen LogP contribution < -0.4 is 0 Å². The van der Waals surface area contributed by atoms with E-state index in [9.17, 15) is 0 Å². The Balaban J connectivity index is 1.12. The SMILES string of the molecule is C1=Cc2cccc3cc4c(c(c23)C1)c1ccccc1n4-c1ccc(-c2cccc(-c3cc4cccnc4c4ncccc34)c2)cc1. The summed E-state index contributed by atoms with van der Waals surface area (Å²) in [5.74, 6) is 0. The molecule has 0 amide bonds. The summed E-state index contributed by atoms with van der Waals surface area (Å²) in [5, 5.41) is 7.57. The number of aromatic nitrogens is 3. The molecule has 0 radical (unpaired) electrons. The van der Waals surface area contributed by atoms with Crippen LogP contribution in [0.5, 0.6) is 0 Å². The van der Waals surface area contributed by atoms with E-state index in [1.807, 2.05) is 24.5 Å². The fourth-order valence-corrected chi connectivity index (χ4v) is 7.65. The van der Waals surface area contributed by atoms with Crippen LogP contribution in [0.25, 0.3) is 88.4 Å². The molecule has 3 heterocycles. The third kappa shape index (κ3) is 3.66. The Morgan fingerprint density at radius 1 is 0.522 bits per heavy atom. The molecular weight excluding hydrogens is 558 g/mol. The maximum atomic E-state index is 4.72. The van der Waals surface area contributed by atoms with E-state index in [1.54, 1.807) is 0 Å². The number of para-hydroxylation sites is 1. The van der Waals surface area contributed by atoms with Crippen molar-refractivity contribution in [1.82, 2.24) is 14.5 Å². The van der Waals surface area contributed by atoms with Crippen LogP contribution in [-0.4, -0.2) is 14.5 Å². The maximum Gasteiger partial charge on any atom is 0.0970 e. The highest BCUT2D eigenvalue weighted by atomic mass is 15.0. The zero-order valence-corrected chi connectivity index (χ0v) is 25.0. The molecule has 3 aromatic heterocycles. The molecule has 0 N–H and O–H groups in total. The Hall–Kier alpha value is -6.06. The van der Waals surface area contributed by atoms with E-state index in [2.05, 4.69) is 137 Å². The van der Waals surface area contributed by atoms with Gasteiger partial charge in [0, 0.05) is 39.6 Å². The van der Waals surface area contributed by atoms with E-state index < -0.39 is 0 Å². The van der Waals surface area contributed by atoms with Gasteiger partial charge in [-0.1, -0.05) is 91.0 Å². The first kappa shape index (κ1) is 25.3. The van der Waals surface area contributed by atoms with Crippen LogP contribution in [0.1, 0.15) is 11.1 Å². The lowest BCUT2D eigenvalue weighted by atomic mass is 9.90. The van der Waals surface area contributed by atoms with Crippen molar-refractivity contribution in [2.75, 3.05) is 0 Å². The molecule has 214 valence electrons. The van der Waals surface area contributed by atoms with Crippen LogP contribution in [0, 0.1) is 0 Å². The van der Waals surface area contributed by atoms with Gasteiger partial charge in [0.05, 0.1) is 22.1 Å². The van der Waals surface area contributed by atoms with Gasteiger partial charge in [-0.15, -0.1) is 0 Å². The lowest BCUT2D eigenvalue weighted by molar-refractivity contribution is 1.18. The van der Waals surface area contributed by atoms with Crippen LogP contribution in [0.2, 0.25) is 0 Å². The van der Waals surface area contributed by atoms with Crippen molar-refractivity contribution < 1.29 is 0 Å². The van der Waals surface area contributed by atoms with Crippen molar-refractivity contribution in [3.63, 3.8) is 0 Å². The van der Waals surface area contributed by atoms with Crippen LogP contribution in [0.3, 0.4) is 0 Å². The molecule has 3 nitrogen and oxygen atoms in total. The number of rotatable bonds is 3. The van der Waals surface area contributed by atoms with Gasteiger partial charge >= 0.3 is 0 Å². The molecule has 0 unspecified atom stereocenters. The minimum atomic E-state index is 0.936. The molecule has 10 rings (SSSR count). The number of nitrogens with zero attached hydrogens (tertiary/aromatic N) is 3. The maximum absolute atomic E-state index is 4.72. The van der Waals surface area contributed by atoms with Crippen molar-refractivity contribution in [3.8, 4) is 27.9 Å². The Morgan fingerprint density at radius 3 is 2.24 bits per heavy atom. The van der Waals surface area contributed by atoms with Gasteiger partial charge in [-0.25, -0.2) is 0 Å². The van der Waals surface area contributed by atoms with E-state index >= 15 is 0 Å². The third-order valence-electron chi connectivity index (χ3n) is 9.65. The summed E-state index contributed by atoms with van der Waals surface area (Å²) in [4.78, 5) is 9.36. The van der Waals surface area contributed by atoms with Crippen molar-refractivity contribution in [2.24, 2.45) is 0 Å². The Kier molecular flexibility index (Phi) is 5.34. The van der Waals surface area contributed by atoms with Gasteiger partial charge < -0.3 is 4.57 Å². The van der Waals surface area contributed by atoms with Gasteiger partial charge in [-0.05, 0) is 99.1 Å². The summed E-state index contributed by atoms with van der Waals surface area (Å²) in [6, 6.07) is 46.3. The summed E-state index contributed by atoms with van der Waals surface area (Å²) in [6.45, 7) is 0. The van der Waals surface area contributed by atoms with Crippen LogP contribution in [-0.2, 0) is 6.42 Å². The van der Waals surface area contributed by atoms with Crippen molar-refractivity contribution in [2.45, 2.75) is 6.42 Å². The standard InChI is InChI=1S/C43H27N3/c1-2-17-38-35(14-1)41-36-15-5-9-28-8-3-12-31(40(28)36)26-39(41)46(38)33-20-18-27(19-21-33)29-10-4-11-30(24-29)37-25-32-13-6-22-44-42(32)43-34(37)16-7-23-45-43/h1-14,16-26H,15H2. The molecule has 1 aliphatic carbocycles. The van der Waals surface area contributed by atoms with Crippen LogP contribution >= 0.6 is 0 Å². The average Bonchev–Trinajstić information content (AvgIpc) is 3.46. The topological polar surface area (TPSA) is 30.7 Å². The molecule has 46 heavy (non-hydrogen) atoms. The highest BCUT2D eigenvalue weighted by molar-refractivity contribution is 6.18. The number of benzene rings is 6. The normalized spacial score (nSPS) is 12.6. The second kappa shape index (κ2) is 9.72. The monoisotopic (exact) mass is 585 g/mol. The first-order valence-corrected chi connectivity index (χ1v) is 15.8. The lowest BCUT2D eigenvalue weighted by Gasteiger charge is -2.16. The lowest BCUT2D eigenvalue weighted by Crippen LogP contribution is -1.97. The highest BCUT2D eigenvalue weighted by Gasteiger charge is 2.20. The van der Waals surface area contributed by atoms with Crippen molar-refractivity contribution in [3.05, 3.63) is 157 Å². The molecule has 1 aliphatic rings. The van der Waals surface area contributed by atoms with Gasteiger partial charge in [0.2, 0.25) is 0 Å². The molecule has 0 saturated heterocycles. The fourth-order valence-electron chi connectivity index (χ4n) is 7.65. The molecule has 6 aromatic carbocycles. The minimum absolute atomic E-state index is 0.936. The number of hydrogen-bond acceptors (Lipinski definition) is 2. The van der Waals surface area contributed by atoms with E-state index in [1.165, 1.54) is 71.6 Å². The van der Waals surface area contributed by atoms with Gasteiger partial charge in [0.15, 0.2) is 0 Å². The van der Waals surface area contributed by atoms with E-state index in [4.69, 9.17) is 4.98 Å². The van der Waals surface area contributed by atoms with Gasteiger partial charge in [0.25, 0.3) is 0 Å². The molecule has 0 fully saturated rings. The average molecular weight is 586 g/mol. The first-order valence-electron chi connectivity index (χ1n) is 15.8. The summed E-state index contributed by atoms with van der Waals surface area (Å²) in [6.07, 6.45) is 9.21. The van der Waals surface area contributed by atoms with Crippen molar-refractivity contribution in [1.29, 1.82) is 0 Å². The Labute approximate surface area is 265 Å². The highest BCUT2D eigenvalue weighted by Crippen LogP contribution is 2.41. The third-order valence-corrected chi connectivity index (χ3v) is 9.65. The zero-order chi connectivity index (χ0) is 30.2. The number of pyridine rings is 2. The first-order chi connectivity index (χ1) is 22.8. The van der Waals surface area contributed by atoms with Gasteiger partial charge in [-0.3, -0.25) is 9.97 Å². The van der Waals surface area contributed by atoms with Gasteiger partial charge in [0.1, 0.15) is 0 Å². The molecule has 9 aromatic rings. The summed E-state index contributed by atoms with van der Waals surface area (Å²) in [7, 11) is 0. The second-order valence-electron chi connectivity index (χ2n) is 12.2. The van der Waals surface area contributed by atoms with Crippen LogP contribution in [0.4, 0.5) is 0 Å².